The zero-order valence-electron chi connectivity index (χ0n) is 10.6. The Hall–Kier alpha value is -1.25. The Labute approximate surface area is 112 Å². The lowest BCUT2D eigenvalue weighted by Crippen LogP contribution is -2.01. The Kier molecular flexibility index (Phi) is 4.10. The Morgan fingerprint density at radius 3 is 2.33 bits per heavy atom. The summed E-state index contributed by atoms with van der Waals surface area (Å²) in [5, 5.41) is 10.3. The summed E-state index contributed by atoms with van der Waals surface area (Å²) in [6, 6.07) is 10.0. The van der Waals surface area contributed by atoms with Crippen LogP contribution in [0.5, 0.6) is 0 Å². The van der Waals surface area contributed by atoms with E-state index in [9.17, 15) is 5.11 Å². The van der Waals surface area contributed by atoms with Crippen LogP contribution in [0, 0.1) is 0 Å². The maximum Gasteiger partial charge on any atom is 0.198 e. The van der Waals surface area contributed by atoms with Crippen molar-refractivity contribution >= 4 is 11.6 Å². The van der Waals surface area contributed by atoms with Crippen molar-refractivity contribution in [1.82, 2.24) is 0 Å². The van der Waals surface area contributed by atoms with Gasteiger partial charge in [0.05, 0.1) is 12.4 Å². The average Bonchev–Trinajstić information content (AvgIpc) is 2.76. The lowest BCUT2D eigenvalue weighted by Gasteiger charge is -2.11. The molecule has 0 spiro atoms. The Morgan fingerprint density at radius 1 is 1.17 bits per heavy atom. The van der Waals surface area contributed by atoms with Crippen LogP contribution in [0.3, 0.4) is 0 Å². The second-order valence-corrected chi connectivity index (χ2v) is 5.11. The van der Waals surface area contributed by atoms with Crippen molar-refractivity contribution in [1.29, 1.82) is 0 Å². The number of hydrogen-bond acceptors (Lipinski definition) is 2. The molecule has 0 amide bonds. The quantitative estimate of drug-likeness (QED) is 0.892. The standard InChI is InChI=1S/C15H17ClO2/c1-10(2)12-5-3-11(4-6-12)9-14(17)13-7-8-18-15(13)16/h3-8,10,14,17H,9H2,1-2H3. The van der Waals surface area contributed by atoms with Gasteiger partial charge in [0, 0.05) is 12.0 Å². The third kappa shape index (κ3) is 2.95. The third-order valence-electron chi connectivity index (χ3n) is 3.08. The summed E-state index contributed by atoms with van der Waals surface area (Å²) in [6.45, 7) is 4.32. The highest BCUT2D eigenvalue weighted by atomic mass is 35.5. The number of hydrogen-bond donors (Lipinski definition) is 1. The molecule has 0 saturated heterocycles. The fourth-order valence-electron chi connectivity index (χ4n) is 1.91. The summed E-state index contributed by atoms with van der Waals surface area (Å²) in [7, 11) is 0. The van der Waals surface area contributed by atoms with Gasteiger partial charge in [-0.25, -0.2) is 0 Å². The summed E-state index contributed by atoms with van der Waals surface area (Å²) >= 11 is 5.84. The second kappa shape index (κ2) is 5.59. The molecule has 2 nitrogen and oxygen atoms in total. The van der Waals surface area contributed by atoms with Gasteiger partial charge in [-0.2, -0.15) is 0 Å². The monoisotopic (exact) mass is 264 g/mol. The molecule has 18 heavy (non-hydrogen) atoms. The van der Waals surface area contributed by atoms with Crippen molar-refractivity contribution in [2.45, 2.75) is 32.3 Å². The van der Waals surface area contributed by atoms with Gasteiger partial charge in [0.1, 0.15) is 0 Å². The molecule has 0 aliphatic rings. The van der Waals surface area contributed by atoms with Gasteiger partial charge >= 0.3 is 0 Å². The van der Waals surface area contributed by atoms with E-state index in [4.69, 9.17) is 16.0 Å². The number of aliphatic hydroxyl groups is 1. The summed E-state index contributed by atoms with van der Waals surface area (Å²) in [4.78, 5) is 0. The number of halogens is 1. The normalized spacial score (nSPS) is 12.9. The van der Waals surface area contributed by atoms with Crippen LogP contribution in [0.25, 0.3) is 0 Å². The van der Waals surface area contributed by atoms with E-state index in [1.807, 2.05) is 12.1 Å². The molecule has 0 saturated carbocycles. The van der Waals surface area contributed by atoms with Crippen molar-refractivity contribution < 1.29 is 9.52 Å². The SMILES string of the molecule is CC(C)c1ccc(CC(O)c2ccoc2Cl)cc1. The third-order valence-corrected chi connectivity index (χ3v) is 3.39. The largest absolute Gasteiger partial charge is 0.453 e. The van der Waals surface area contributed by atoms with Crippen LogP contribution in [0.2, 0.25) is 5.22 Å². The van der Waals surface area contributed by atoms with Crippen LogP contribution in [0.15, 0.2) is 41.0 Å². The second-order valence-electron chi connectivity index (χ2n) is 4.77. The number of furan rings is 1. The van der Waals surface area contributed by atoms with Crippen LogP contribution in [0.4, 0.5) is 0 Å². The van der Waals surface area contributed by atoms with Crippen molar-refractivity contribution in [3.63, 3.8) is 0 Å². The minimum absolute atomic E-state index is 0.265. The van der Waals surface area contributed by atoms with E-state index in [1.165, 1.54) is 11.8 Å². The Morgan fingerprint density at radius 2 is 1.83 bits per heavy atom. The Balaban J connectivity index is 2.08. The summed E-state index contributed by atoms with van der Waals surface area (Å²) in [5.74, 6) is 0.521. The molecule has 2 rings (SSSR count). The number of aliphatic hydroxyl groups excluding tert-OH is 1. The Bertz CT molecular complexity index is 499. The minimum Gasteiger partial charge on any atom is -0.453 e. The van der Waals surface area contributed by atoms with Crippen LogP contribution in [0.1, 0.15) is 42.6 Å². The molecule has 0 aliphatic carbocycles. The van der Waals surface area contributed by atoms with Crippen molar-refractivity contribution in [3.05, 3.63) is 58.5 Å². The van der Waals surface area contributed by atoms with Gasteiger partial charge in [-0.05, 0) is 34.7 Å². The highest BCUT2D eigenvalue weighted by Crippen LogP contribution is 2.27. The van der Waals surface area contributed by atoms with E-state index in [-0.39, 0.29) is 5.22 Å². The average molecular weight is 265 g/mol. The van der Waals surface area contributed by atoms with Crippen LogP contribution in [-0.4, -0.2) is 5.11 Å². The molecule has 0 bridgehead atoms. The smallest absolute Gasteiger partial charge is 0.198 e. The molecule has 2 aromatic rings. The van der Waals surface area contributed by atoms with Crippen molar-refractivity contribution in [2.75, 3.05) is 0 Å². The predicted molar refractivity (Wildman–Crippen MR) is 72.9 cm³/mol. The summed E-state index contributed by atoms with van der Waals surface area (Å²) in [6.07, 6.45) is 1.40. The molecule has 1 heterocycles. The molecule has 96 valence electrons. The van der Waals surface area contributed by atoms with Crippen molar-refractivity contribution in [2.24, 2.45) is 0 Å². The molecule has 0 radical (unpaired) electrons. The molecule has 0 aliphatic heterocycles. The molecular weight excluding hydrogens is 248 g/mol. The number of rotatable bonds is 4. The van der Waals surface area contributed by atoms with E-state index < -0.39 is 6.10 Å². The fourth-order valence-corrected chi connectivity index (χ4v) is 2.15. The lowest BCUT2D eigenvalue weighted by molar-refractivity contribution is 0.177. The minimum atomic E-state index is -0.624. The maximum absolute atomic E-state index is 10.1. The number of benzene rings is 1. The van der Waals surface area contributed by atoms with Gasteiger partial charge in [0.25, 0.3) is 0 Å². The molecule has 1 atom stereocenters. The van der Waals surface area contributed by atoms with E-state index in [2.05, 4.69) is 26.0 Å². The van der Waals surface area contributed by atoms with E-state index in [0.717, 1.165) is 5.56 Å². The van der Waals surface area contributed by atoms with Gasteiger partial charge in [0.15, 0.2) is 5.22 Å². The highest BCUT2D eigenvalue weighted by Gasteiger charge is 2.14. The van der Waals surface area contributed by atoms with Crippen LogP contribution < -0.4 is 0 Å². The predicted octanol–water partition coefficient (Wildman–Crippen LogP) is 4.33. The first-order valence-electron chi connectivity index (χ1n) is 6.07. The fraction of sp³-hybridized carbons (Fsp3) is 0.333. The van der Waals surface area contributed by atoms with Gasteiger partial charge in [-0.1, -0.05) is 38.1 Å². The lowest BCUT2D eigenvalue weighted by atomic mass is 9.98. The summed E-state index contributed by atoms with van der Waals surface area (Å²) < 4.78 is 4.98. The van der Waals surface area contributed by atoms with E-state index in [1.54, 1.807) is 6.07 Å². The van der Waals surface area contributed by atoms with Gasteiger partial charge in [-0.15, -0.1) is 0 Å². The van der Waals surface area contributed by atoms with Gasteiger partial charge in [-0.3, -0.25) is 0 Å². The first-order chi connectivity index (χ1) is 8.58. The van der Waals surface area contributed by atoms with Crippen molar-refractivity contribution in [3.8, 4) is 0 Å². The topological polar surface area (TPSA) is 33.4 Å². The molecule has 0 fully saturated rings. The van der Waals surface area contributed by atoms with E-state index in [0.29, 0.717) is 17.9 Å². The zero-order valence-corrected chi connectivity index (χ0v) is 11.3. The zero-order chi connectivity index (χ0) is 13.1. The molecule has 1 aromatic carbocycles. The molecule has 1 N–H and O–H groups in total. The van der Waals surface area contributed by atoms with Crippen LogP contribution in [-0.2, 0) is 6.42 Å². The summed E-state index contributed by atoms with van der Waals surface area (Å²) in [5.41, 5.74) is 3.03. The first-order valence-corrected chi connectivity index (χ1v) is 6.45. The van der Waals surface area contributed by atoms with E-state index >= 15 is 0 Å². The molecule has 3 heteroatoms. The van der Waals surface area contributed by atoms with Crippen LogP contribution >= 0.6 is 11.6 Å². The maximum atomic E-state index is 10.1. The molecule has 1 aromatic heterocycles. The highest BCUT2D eigenvalue weighted by molar-refractivity contribution is 6.29. The first kappa shape index (κ1) is 13.2. The van der Waals surface area contributed by atoms with Gasteiger partial charge < -0.3 is 9.52 Å². The van der Waals surface area contributed by atoms with Gasteiger partial charge in [0.2, 0.25) is 0 Å². The molecular formula is C15H17ClO2. The molecule has 1 unspecified atom stereocenters.